The fraction of sp³-hybridized carbons (Fsp3) is 0.385. The molecule has 2 heteroatoms. The molecule has 0 atom stereocenters. The van der Waals surface area contributed by atoms with Gasteiger partial charge in [-0.15, -0.1) is 0 Å². The summed E-state index contributed by atoms with van der Waals surface area (Å²) in [6.45, 7) is 2.88. The molecule has 0 aromatic heterocycles. The molecule has 2 nitrogen and oxygen atoms in total. The first-order valence-corrected chi connectivity index (χ1v) is 5.33. The molecule has 15 heavy (non-hydrogen) atoms. The maximum Gasteiger partial charge on any atom is 0.0208 e. The lowest BCUT2D eigenvalue weighted by Gasteiger charge is -2.04. The Morgan fingerprint density at radius 2 is 1.87 bits per heavy atom. The fourth-order valence-electron chi connectivity index (χ4n) is 1.26. The third-order valence-corrected chi connectivity index (χ3v) is 2.07. The van der Waals surface area contributed by atoms with E-state index in [4.69, 9.17) is 0 Å². The van der Waals surface area contributed by atoms with Crippen molar-refractivity contribution < 1.29 is 0 Å². The molecular weight excluding hydrogens is 184 g/mol. The molecule has 0 amide bonds. The standard InChI is InChI=1S/C13H20N2/c1-15(2)11-7-6-10-14-12-13-8-4-3-5-9-13/h3-9,14H,10-12H2,1-2H3/b7-6+. The summed E-state index contributed by atoms with van der Waals surface area (Å²) in [7, 11) is 4.14. The van der Waals surface area contributed by atoms with Crippen molar-refractivity contribution >= 4 is 0 Å². The summed E-state index contributed by atoms with van der Waals surface area (Å²) < 4.78 is 0. The van der Waals surface area contributed by atoms with E-state index in [-0.39, 0.29) is 0 Å². The third kappa shape index (κ3) is 6.05. The van der Waals surface area contributed by atoms with Crippen molar-refractivity contribution in [3.63, 3.8) is 0 Å². The van der Waals surface area contributed by atoms with E-state index in [0.717, 1.165) is 19.6 Å². The number of nitrogens with zero attached hydrogens (tertiary/aromatic N) is 1. The van der Waals surface area contributed by atoms with Crippen LogP contribution in [0.1, 0.15) is 5.56 Å². The Bertz CT molecular complexity index is 278. The Morgan fingerprint density at radius 1 is 1.13 bits per heavy atom. The smallest absolute Gasteiger partial charge is 0.0208 e. The molecule has 0 fully saturated rings. The van der Waals surface area contributed by atoms with Gasteiger partial charge in [-0.05, 0) is 19.7 Å². The normalized spacial score (nSPS) is 11.4. The highest BCUT2D eigenvalue weighted by molar-refractivity contribution is 5.14. The van der Waals surface area contributed by atoms with Gasteiger partial charge in [0.25, 0.3) is 0 Å². The minimum atomic E-state index is 0.933. The second-order valence-electron chi connectivity index (χ2n) is 3.85. The molecule has 0 aliphatic heterocycles. The number of likely N-dealkylation sites (N-methyl/N-ethyl adjacent to an activating group) is 1. The summed E-state index contributed by atoms with van der Waals surface area (Å²) in [5, 5.41) is 3.37. The van der Waals surface area contributed by atoms with Gasteiger partial charge in [0, 0.05) is 19.6 Å². The van der Waals surface area contributed by atoms with E-state index < -0.39 is 0 Å². The molecule has 1 aromatic rings. The molecule has 0 saturated heterocycles. The Balaban J connectivity index is 2.10. The number of rotatable bonds is 6. The van der Waals surface area contributed by atoms with Gasteiger partial charge >= 0.3 is 0 Å². The van der Waals surface area contributed by atoms with Gasteiger partial charge in [-0.3, -0.25) is 0 Å². The highest BCUT2D eigenvalue weighted by Gasteiger charge is 1.88. The molecule has 1 rings (SSSR count). The van der Waals surface area contributed by atoms with Gasteiger partial charge in [0.2, 0.25) is 0 Å². The zero-order valence-corrected chi connectivity index (χ0v) is 9.61. The van der Waals surface area contributed by atoms with Gasteiger partial charge in [0.1, 0.15) is 0 Å². The van der Waals surface area contributed by atoms with Crippen LogP contribution in [0.4, 0.5) is 0 Å². The van der Waals surface area contributed by atoms with Crippen molar-refractivity contribution in [2.75, 3.05) is 27.2 Å². The van der Waals surface area contributed by atoms with Crippen molar-refractivity contribution in [2.24, 2.45) is 0 Å². The van der Waals surface area contributed by atoms with Crippen LogP contribution in [-0.4, -0.2) is 32.1 Å². The summed E-state index contributed by atoms with van der Waals surface area (Å²) in [5.74, 6) is 0. The summed E-state index contributed by atoms with van der Waals surface area (Å²) >= 11 is 0. The third-order valence-electron chi connectivity index (χ3n) is 2.07. The van der Waals surface area contributed by atoms with E-state index in [1.54, 1.807) is 0 Å². The SMILES string of the molecule is CN(C)C/C=C/CNCc1ccccc1. The quantitative estimate of drug-likeness (QED) is 0.562. The van der Waals surface area contributed by atoms with Gasteiger partial charge < -0.3 is 10.2 Å². The summed E-state index contributed by atoms with van der Waals surface area (Å²) in [5.41, 5.74) is 1.33. The first-order valence-electron chi connectivity index (χ1n) is 5.33. The number of hydrogen-bond acceptors (Lipinski definition) is 2. The highest BCUT2D eigenvalue weighted by Crippen LogP contribution is 1.96. The van der Waals surface area contributed by atoms with Gasteiger partial charge in [-0.25, -0.2) is 0 Å². The zero-order valence-electron chi connectivity index (χ0n) is 9.61. The molecule has 0 heterocycles. The Labute approximate surface area is 92.6 Å². The first kappa shape index (κ1) is 12.0. The van der Waals surface area contributed by atoms with Crippen molar-refractivity contribution in [2.45, 2.75) is 6.54 Å². The van der Waals surface area contributed by atoms with Crippen molar-refractivity contribution in [1.82, 2.24) is 10.2 Å². The first-order chi connectivity index (χ1) is 7.29. The Hall–Kier alpha value is -1.12. The zero-order chi connectivity index (χ0) is 10.9. The molecule has 82 valence electrons. The monoisotopic (exact) mass is 204 g/mol. The number of benzene rings is 1. The minimum Gasteiger partial charge on any atom is -0.309 e. The fourth-order valence-corrected chi connectivity index (χ4v) is 1.26. The molecule has 0 aliphatic carbocycles. The van der Waals surface area contributed by atoms with E-state index in [9.17, 15) is 0 Å². The summed E-state index contributed by atoms with van der Waals surface area (Å²) in [4.78, 5) is 2.15. The number of nitrogens with one attached hydrogen (secondary N) is 1. The molecule has 0 saturated carbocycles. The lowest BCUT2D eigenvalue weighted by Crippen LogP contribution is -2.14. The van der Waals surface area contributed by atoms with Gasteiger partial charge in [-0.2, -0.15) is 0 Å². The molecule has 0 unspecified atom stereocenters. The van der Waals surface area contributed by atoms with Crippen LogP contribution in [0.2, 0.25) is 0 Å². The van der Waals surface area contributed by atoms with Gasteiger partial charge in [0.15, 0.2) is 0 Å². The van der Waals surface area contributed by atoms with Crippen LogP contribution < -0.4 is 5.32 Å². The van der Waals surface area contributed by atoms with Crippen LogP contribution in [0, 0.1) is 0 Å². The van der Waals surface area contributed by atoms with Crippen molar-refractivity contribution in [3.05, 3.63) is 48.0 Å². The lowest BCUT2D eigenvalue weighted by atomic mass is 10.2. The van der Waals surface area contributed by atoms with E-state index in [1.807, 2.05) is 6.07 Å². The average molecular weight is 204 g/mol. The van der Waals surface area contributed by atoms with Crippen LogP contribution in [0.3, 0.4) is 0 Å². The van der Waals surface area contributed by atoms with E-state index in [0.29, 0.717) is 0 Å². The van der Waals surface area contributed by atoms with Crippen molar-refractivity contribution in [1.29, 1.82) is 0 Å². The Morgan fingerprint density at radius 3 is 2.53 bits per heavy atom. The van der Waals surface area contributed by atoms with Crippen LogP contribution in [0.15, 0.2) is 42.5 Å². The second kappa shape index (κ2) is 7.21. The van der Waals surface area contributed by atoms with Crippen LogP contribution in [0.5, 0.6) is 0 Å². The molecule has 0 radical (unpaired) electrons. The maximum absolute atomic E-state index is 3.37. The van der Waals surface area contributed by atoms with Gasteiger partial charge in [-0.1, -0.05) is 42.5 Å². The molecular formula is C13H20N2. The Kier molecular flexibility index (Phi) is 5.74. The topological polar surface area (TPSA) is 15.3 Å². The molecule has 0 bridgehead atoms. The summed E-state index contributed by atoms with van der Waals surface area (Å²) in [6.07, 6.45) is 4.35. The highest BCUT2D eigenvalue weighted by atomic mass is 15.0. The molecule has 1 aromatic carbocycles. The number of hydrogen-bond donors (Lipinski definition) is 1. The molecule has 0 aliphatic rings. The average Bonchev–Trinajstić information content (AvgIpc) is 2.24. The predicted molar refractivity (Wildman–Crippen MR) is 65.8 cm³/mol. The van der Waals surface area contributed by atoms with E-state index in [2.05, 4.69) is 60.7 Å². The van der Waals surface area contributed by atoms with Crippen LogP contribution in [0.25, 0.3) is 0 Å². The molecule has 0 spiro atoms. The summed E-state index contributed by atoms with van der Waals surface area (Å²) in [6, 6.07) is 10.4. The predicted octanol–water partition coefficient (Wildman–Crippen LogP) is 1.89. The minimum absolute atomic E-state index is 0.933. The van der Waals surface area contributed by atoms with Crippen LogP contribution >= 0.6 is 0 Å². The molecule has 1 N–H and O–H groups in total. The van der Waals surface area contributed by atoms with E-state index in [1.165, 1.54) is 5.56 Å². The largest absolute Gasteiger partial charge is 0.309 e. The van der Waals surface area contributed by atoms with E-state index >= 15 is 0 Å². The maximum atomic E-state index is 3.37. The second-order valence-corrected chi connectivity index (χ2v) is 3.85. The van der Waals surface area contributed by atoms with Crippen molar-refractivity contribution in [3.8, 4) is 0 Å². The van der Waals surface area contributed by atoms with Crippen LogP contribution in [-0.2, 0) is 6.54 Å². The van der Waals surface area contributed by atoms with Gasteiger partial charge in [0.05, 0.1) is 0 Å². The lowest BCUT2D eigenvalue weighted by molar-refractivity contribution is 0.456.